The van der Waals surface area contributed by atoms with Gasteiger partial charge in [-0.25, -0.2) is 9.59 Å². The van der Waals surface area contributed by atoms with Crippen molar-refractivity contribution in [3.05, 3.63) is 29.8 Å². The molecule has 1 atom stereocenters. The Bertz CT molecular complexity index is 674. The first-order valence-corrected chi connectivity index (χ1v) is 6.95. The minimum atomic E-state index is -5.31. The number of anilines is 1. The van der Waals surface area contributed by atoms with Gasteiger partial charge in [0.15, 0.2) is 0 Å². The Morgan fingerprint density at radius 2 is 1.76 bits per heavy atom. The van der Waals surface area contributed by atoms with Crippen LogP contribution in [0.5, 0.6) is 0 Å². The van der Waals surface area contributed by atoms with Gasteiger partial charge in [-0.2, -0.15) is 13.2 Å². The fourth-order valence-electron chi connectivity index (χ4n) is 1.74. The van der Waals surface area contributed by atoms with Crippen LogP contribution in [0.15, 0.2) is 29.4 Å². The number of alkyl halides is 3. The summed E-state index contributed by atoms with van der Waals surface area (Å²) in [6.07, 6.45) is -6.26. The largest absolute Gasteiger partial charge is 0.466 e. The van der Waals surface area contributed by atoms with Crippen molar-refractivity contribution in [2.45, 2.75) is 18.7 Å². The number of aliphatic hydroxyl groups is 1. The SMILES string of the molecule is COC(=O)[C@](O)(c1ccc(N(C)C(=O)O/N=C(/C)Cl)cc1)C(F)(F)F. The molecule has 0 aromatic heterocycles. The van der Waals surface area contributed by atoms with Gasteiger partial charge >= 0.3 is 18.2 Å². The van der Waals surface area contributed by atoms with Crippen LogP contribution in [0, 0.1) is 0 Å². The monoisotopic (exact) mass is 382 g/mol. The lowest BCUT2D eigenvalue weighted by Gasteiger charge is -2.28. The summed E-state index contributed by atoms with van der Waals surface area (Å²) >= 11 is 5.41. The van der Waals surface area contributed by atoms with Crippen molar-refractivity contribution in [2.24, 2.45) is 5.16 Å². The van der Waals surface area contributed by atoms with E-state index < -0.39 is 29.4 Å². The van der Waals surface area contributed by atoms with Crippen LogP contribution in [-0.2, 0) is 20.0 Å². The number of esters is 1. The zero-order valence-electron chi connectivity index (χ0n) is 13.3. The second-order valence-electron chi connectivity index (χ2n) is 4.75. The summed E-state index contributed by atoms with van der Waals surface area (Å²) in [5, 5.41) is 13.0. The Hall–Kier alpha value is -2.33. The van der Waals surface area contributed by atoms with Crippen molar-refractivity contribution in [1.82, 2.24) is 0 Å². The fraction of sp³-hybridized carbons (Fsp3) is 0.357. The minimum Gasteiger partial charge on any atom is -0.466 e. The molecule has 0 aliphatic carbocycles. The third-order valence-corrected chi connectivity index (χ3v) is 3.16. The lowest BCUT2D eigenvalue weighted by atomic mass is 9.93. The number of hydrogen-bond acceptors (Lipinski definition) is 6. The summed E-state index contributed by atoms with van der Waals surface area (Å²) in [6, 6.07) is 3.82. The van der Waals surface area contributed by atoms with Crippen LogP contribution in [0.4, 0.5) is 23.7 Å². The van der Waals surface area contributed by atoms with Crippen LogP contribution in [0.2, 0.25) is 0 Å². The highest BCUT2D eigenvalue weighted by Gasteiger charge is 2.62. The quantitative estimate of drug-likeness (QED) is 0.374. The summed E-state index contributed by atoms with van der Waals surface area (Å²) < 4.78 is 43.4. The van der Waals surface area contributed by atoms with Crippen molar-refractivity contribution in [3.63, 3.8) is 0 Å². The molecule has 1 N–H and O–H groups in total. The van der Waals surface area contributed by atoms with Gasteiger partial charge in [0.1, 0.15) is 5.17 Å². The second-order valence-corrected chi connectivity index (χ2v) is 5.30. The molecule has 1 aromatic rings. The Morgan fingerprint density at radius 1 is 1.24 bits per heavy atom. The molecular formula is C14H14ClF3N2O5. The molecule has 11 heteroatoms. The molecule has 0 unspecified atom stereocenters. The molecule has 25 heavy (non-hydrogen) atoms. The molecule has 1 rings (SSSR count). The van der Waals surface area contributed by atoms with Gasteiger partial charge in [-0.3, -0.25) is 9.74 Å². The van der Waals surface area contributed by atoms with Gasteiger partial charge in [0.25, 0.3) is 5.60 Å². The van der Waals surface area contributed by atoms with E-state index in [0.29, 0.717) is 0 Å². The standard InChI is InChI=1S/C14H14ClF3N2O5/c1-8(15)19-25-12(22)20(2)10-6-4-9(5-7-10)13(23,11(21)24-3)14(16,17)18/h4-7,23H,1-3H3/b19-8-/t13-/m1/s1. The molecule has 0 aliphatic rings. The number of carbonyl (C=O) groups excluding carboxylic acids is 2. The summed E-state index contributed by atoms with van der Waals surface area (Å²) in [7, 11) is 1.99. The van der Waals surface area contributed by atoms with Gasteiger partial charge in [-0.15, -0.1) is 0 Å². The maximum Gasteiger partial charge on any atom is 0.440 e. The van der Waals surface area contributed by atoms with Crippen molar-refractivity contribution in [2.75, 3.05) is 19.1 Å². The first-order chi connectivity index (χ1) is 11.4. The number of rotatable bonds is 4. The van der Waals surface area contributed by atoms with Gasteiger partial charge < -0.3 is 9.84 Å². The summed E-state index contributed by atoms with van der Waals surface area (Å²) in [6.45, 7) is 1.37. The molecule has 138 valence electrons. The van der Waals surface area contributed by atoms with Crippen LogP contribution < -0.4 is 4.90 Å². The highest BCUT2D eigenvalue weighted by molar-refractivity contribution is 6.64. The minimum absolute atomic E-state index is 0.0367. The van der Waals surface area contributed by atoms with Crippen molar-refractivity contribution < 1.29 is 37.4 Å². The Morgan fingerprint density at radius 3 is 2.16 bits per heavy atom. The normalized spacial score (nSPS) is 14.5. The molecule has 0 saturated carbocycles. The molecule has 0 aliphatic heterocycles. The van der Waals surface area contributed by atoms with Gasteiger partial charge in [0, 0.05) is 18.3 Å². The van der Waals surface area contributed by atoms with E-state index in [-0.39, 0.29) is 10.9 Å². The van der Waals surface area contributed by atoms with Crippen LogP contribution in [-0.4, -0.2) is 42.7 Å². The zero-order valence-corrected chi connectivity index (χ0v) is 14.1. The molecule has 0 radical (unpaired) electrons. The van der Waals surface area contributed by atoms with Gasteiger partial charge in [0.05, 0.1) is 7.11 Å². The van der Waals surface area contributed by atoms with E-state index in [4.69, 9.17) is 11.6 Å². The number of methoxy groups -OCH3 is 1. The molecule has 1 aromatic carbocycles. The summed E-state index contributed by atoms with van der Waals surface area (Å²) in [5.74, 6) is -1.88. The fourth-order valence-corrected chi connectivity index (χ4v) is 1.77. The highest BCUT2D eigenvalue weighted by atomic mass is 35.5. The molecule has 0 heterocycles. The Balaban J connectivity index is 3.14. The van der Waals surface area contributed by atoms with Crippen LogP contribution in [0.1, 0.15) is 12.5 Å². The van der Waals surface area contributed by atoms with Crippen molar-refractivity contribution in [3.8, 4) is 0 Å². The average Bonchev–Trinajstić information content (AvgIpc) is 2.56. The molecule has 7 nitrogen and oxygen atoms in total. The predicted octanol–water partition coefficient (Wildman–Crippen LogP) is 2.75. The average molecular weight is 383 g/mol. The maximum atomic E-state index is 13.1. The number of benzene rings is 1. The van der Waals surface area contributed by atoms with Crippen LogP contribution in [0.3, 0.4) is 0 Å². The van der Waals surface area contributed by atoms with E-state index in [1.165, 1.54) is 14.0 Å². The number of nitrogens with zero attached hydrogens (tertiary/aromatic N) is 2. The topological polar surface area (TPSA) is 88.4 Å². The van der Waals surface area contributed by atoms with Crippen LogP contribution in [0.25, 0.3) is 0 Å². The zero-order chi connectivity index (χ0) is 19.4. The van der Waals surface area contributed by atoms with Gasteiger partial charge in [-0.05, 0) is 19.1 Å². The highest BCUT2D eigenvalue weighted by Crippen LogP contribution is 2.40. The number of oxime groups is 1. The molecular weight excluding hydrogens is 369 g/mol. The number of amides is 1. The molecule has 0 spiro atoms. The number of hydrogen-bond donors (Lipinski definition) is 1. The van der Waals surface area contributed by atoms with Crippen LogP contribution >= 0.6 is 11.6 Å². The predicted molar refractivity (Wildman–Crippen MR) is 82.3 cm³/mol. The molecule has 0 saturated heterocycles. The third kappa shape index (κ3) is 4.40. The van der Waals surface area contributed by atoms with Gasteiger partial charge in [-0.1, -0.05) is 28.9 Å². The Labute approximate surface area is 145 Å². The Kier molecular flexibility index (Phi) is 6.38. The first kappa shape index (κ1) is 20.7. The number of ether oxygens (including phenoxy) is 1. The maximum absolute atomic E-state index is 13.1. The van der Waals surface area contributed by atoms with E-state index in [9.17, 15) is 27.9 Å². The van der Waals surface area contributed by atoms with E-state index in [2.05, 4.69) is 14.7 Å². The van der Waals surface area contributed by atoms with E-state index in [0.717, 1.165) is 36.3 Å². The molecule has 1 amide bonds. The second kappa shape index (κ2) is 7.70. The van der Waals surface area contributed by atoms with E-state index in [1.807, 2.05) is 0 Å². The smallest absolute Gasteiger partial charge is 0.440 e. The number of carbonyl (C=O) groups is 2. The van der Waals surface area contributed by atoms with Crippen molar-refractivity contribution >= 4 is 34.5 Å². The summed E-state index contributed by atoms with van der Waals surface area (Å²) in [5.41, 5.74) is -4.49. The molecule has 0 fully saturated rings. The van der Waals surface area contributed by atoms with Gasteiger partial charge in [0.2, 0.25) is 0 Å². The van der Waals surface area contributed by atoms with Crippen molar-refractivity contribution in [1.29, 1.82) is 0 Å². The lowest BCUT2D eigenvalue weighted by molar-refractivity contribution is -0.266. The molecule has 0 bridgehead atoms. The lowest BCUT2D eigenvalue weighted by Crippen LogP contribution is -2.49. The third-order valence-electron chi connectivity index (χ3n) is 3.09. The summed E-state index contributed by atoms with van der Waals surface area (Å²) in [4.78, 5) is 28.5. The first-order valence-electron chi connectivity index (χ1n) is 6.58. The number of halogens is 4. The van der Waals surface area contributed by atoms with E-state index in [1.54, 1.807) is 0 Å². The van der Waals surface area contributed by atoms with E-state index >= 15 is 0 Å².